The van der Waals surface area contributed by atoms with Crippen LogP contribution in [-0.4, -0.2) is 55.5 Å². The minimum absolute atomic E-state index is 0.0784. The van der Waals surface area contributed by atoms with E-state index in [1.54, 1.807) is 30.0 Å². The van der Waals surface area contributed by atoms with Crippen LogP contribution in [0.25, 0.3) is 10.9 Å². The van der Waals surface area contributed by atoms with Crippen LogP contribution in [0.1, 0.15) is 28.7 Å². The number of aliphatic hydroxyl groups is 1. The monoisotopic (exact) mass is 523 g/mol. The van der Waals surface area contributed by atoms with Crippen LogP contribution in [0, 0.1) is 5.41 Å². The van der Waals surface area contributed by atoms with Gasteiger partial charge in [0.15, 0.2) is 0 Å². The molecular formula is C24H22ClN7O3S. The van der Waals surface area contributed by atoms with Gasteiger partial charge in [-0.15, -0.1) is 0 Å². The number of hydrogen-bond donors (Lipinski definition) is 5. The highest BCUT2D eigenvalue weighted by atomic mass is 35.5. The topological polar surface area (TPSA) is 147 Å². The van der Waals surface area contributed by atoms with Gasteiger partial charge < -0.3 is 25.7 Å². The Hall–Kier alpha value is -3.80. The van der Waals surface area contributed by atoms with E-state index in [-0.39, 0.29) is 41.5 Å². The van der Waals surface area contributed by atoms with Crippen molar-refractivity contribution in [2.45, 2.75) is 19.4 Å². The normalized spacial score (nSPS) is 13.5. The fourth-order valence-corrected chi connectivity index (χ4v) is 4.87. The van der Waals surface area contributed by atoms with E-state index < -0.39 is 0 Å². The molecule has 1 amide bonds. The second-order valence-corrected chi connectivity index (χ2v) is 9.58. The molecule has 10 nitrogen and oxygen atoms in total. The van der Waals surface area contributed by atoms with Crippen molar-refractivity contribution >= 4 is 62.2 Å². The quantitative estimate of drug-likeness (QED) is 0.190. The van der Waals surface area contributed by atoms with Crippen molar-refractivity contribution in [3.05, 3.63) is 64.6 Å². The number of amidine groups is 1. The number of aromatic nitrogens is 3. The molecule has 12 heteroatoms. The summed E-state index contributed by atoms with van der Waals surface area (Å²) < 4.78 is 3.93. The molecule has 1 aliphatic heterocycles. The summed E-state index contributed by atoms with van der Waals surface area (Å²) >= 11 is 7.08. The van der Waals surface area contributed by atoms with Gasteiger partial charge >= 0.3 is 0 Å². The van der Waals surface area contributed by atoms with Gasteiger partial charge in [0.25, 0.3) is 5.91 Å². The predicted octanol–water partition coefficient (Wildman–Crippen LogP) is 3.69. The first kappa shape index (κ1) is 23.9. The van der Waals surface area contributed by atoms with Crippen molar-refractivity contribution < 1.29 is 15.0 Å². The van der Waals surface area contributed by atoms with Crippen LogP contribution in [0.15, 0.2) is 42.6 Å². The Morgan fingerprint density at radius 3 is 2.94 bits per heavy atom. The Balaban J connectivity index is 1.39. The van der Waals surface area contributed by atoms with Gasteiger partial charge in [-0.25, -0.2) is 0 Å². The zero-order valence-electron chi connectivity index (χ0n) is 19.1. The maximum atomic E-state index is 13.4. The van der Waals surface area contributed by atoms with E-state index in [4.69, 9.17) is 17.0 Å². The molecule has 5 rings (SSSR count). The second-order valence-electron chi connectivity index (χ2n) is 8.37. The summed E-state index contributed by atoms with van der Waals surface area (Å²) in [6, 6.07) is 10.3. The van der Waals surface area contributed by atoms with Crippen molar-refractivity contribution in [3.63, 3.8) is 0 Å². The lowest BCUT2D eigenvalue weighted by Gasteiger charge is -2.17. The standard InChI is InChI=1S/C24H22ClN7O3S/c1-12(11-33)28-21(26)20-22(34)31-36-23(20)29-15-4-6-27-18(10-15)24(35)32-7-5-16-19(32)8-13-2-3-14(25)9-17(13)30-16/h2-4,6,8-10,12,33H,5,7,11H2,1H3,(H2,26,28)(H,27,29)(H,31,34). The number of benzene rings is 1. The van der Waals surface area contributed by atoms with Gasteiger partial charge in [0.2, 0.25) is 5.88 Å². The van der Waals surface area contributed by atoms with Gasteiger partial charge in [0.05, 0.1) is 23.5 Å². The predicted molar refractivity (Wildman–Crippen MR) is 140 cm³/mol. The molecule has 4 heterocycles. The van der Waals surface area contributed by atoms with Crippen LogP contribution in [0.3, 0.4) is 0 Å². The van der Waals surface area contributed by atoms with E-state index in [0.29, 0.717) is 28.7 Å². The number of hydrogen-bond acceptors (Lipinski definition) is 9. The summed E-state index contributed by atoms with van der Waals surface area (Å²) in [5, 5.41) is 35.5. The fraction of sp³-hybridized carbons (Fsp3) is 0.208. The Bertz CT molecular complexity index is 1490. The highest BCUT2D eigenvalue weighted by molar-refractivity contribution is 7.11. The highest BCUT2D eigenvalue weighted by Gasteiger charge is 2.28. The number of anilines is 3. The molecule has 0 saturated carbocycles. The van der Waals surface area contributed by atoms with Crippen LogP contribution >= 0.6 is 23.1 Å². The average molecular weight is 524 g/mol. The highest BCUT2D eigenvalue weighted by Crippen LogP contribution is 2.34. The lowest BCUT2D eigenvalue weighted by atomic mass is 10.1. The SMILES string of the molecule is CC(CO)NC(=N)c1c(O)nsc1Nc1ccnc(C(=O)N2CCc3nc4cc(Cl)ccc4cc32)c1. The van der Waals surface area contributed by atoms with Crippen LogP contribution < -0.4 is 15.5 Å². The summed E-state index contributed by atoms with van der Waals surface area (Å²) in [7, 11) is 0. The van der Waals surface area contributed by atoms with Gasteiger partial charge in [-0.3, -0.25) is 20.2 Å². The van der Waals surface area contributed by atoms with Gasteiger partial charge in [-0.2, -0.15) is 4.37 Å². The van der Waals surface area contributed by atoms with E-state index in [9.17, 15) is 15.0 Å². The third-order valence-corrected chi connectivity index (χ3v) is 6.76. The van der Waals surface area contributed by atoms with E-state index in [1.807, 2.05) is 18.2 Å². The number of aromatic hydroxyl groups is 1. The number of pyridine rings is 2. The van der Waals surface area contributed by atoms with Crippen molar-refractivity contribution in [2.24, 2.45) is 0 Å². The Morgan fingerprint density at radius 1 is 1.31 bits per heavy atom. The first-order valence-electron chi connectivity index (χ1n) is 11.1. The van der Waals surface area contributed by atoms with Crippen molar-refractivity contribution in [1.82, 2.24) is 19.7 Å². The van der Waals surface area contributed by atoms with Gasteiger partial charge in [-0.1, -0.05) is 17.7 Å². The molecule has 0 saturated heterocycles. The number of aliphatic hydroxyl groups excluding tert-OH is 1. The first-order valence-corrected chi connectivity index (χ1v) is 12.3. The van der Waals surface area contributed by atoms with Crippen molar-refractivity contribution in [2.75, 3.05) is 23.4 Å². The van der Waals surface area contributed by atoms with E-state index >= 15 is 0 Å². The number of halogens is 1. The van der Waals surface area contributed by atoms with Gasteiger partial charge in [0, 0.05) is 41.3 Å². The average Bonchev–Trinajstić information content (AvgIpc) is 3.44. The van der Waals surface area contributed by atoms with Gasteiger partial charge in [0.1, 0.15) is 22.1 Å². The molecule has 4 aromatic rings. The number of fused-ring (bicyclic) bond motifs is 2. The smallest absolute Gasteiger partial charge is 0.277 e. The molecule has 36 heavy (non-hydrogen) atoms. The third kappa shape index (κ3) is 4.55. The second kappa shape index (κ2) is 9.69. The number of amides is 1. The molecule has 184 valence electrons. The van der Waals surface area contributed by atoms with Crippen LogP contribution in [0.2, 0.25) is 5.02 Å². The number of nitrogens with one attached hydrogen (secondary N) is 3. The molecule has 1 aliphatic rings. The zero-order chi connectivity index (χ0) is 25.4. The van der Waals surface area contributed by atoms with Gasteiger partial charge in [-0.05, 0) is 48.8 Å². The molecule has 0 radical (unpaired) electrons. The Morgan fingerprint density at radius 2 is 2.14 bits per heavy atom. The molecular weight excluding hydrogens is 502 g/mol. The summed E-state index contributed by atoms with van der Waals surface area (Å²) in [5.41, 5.74) is 3.34. The summed E-state index contributed by atoms with van der Waals surface area (Å²) in [4.78, 5) is 24.0. The number of carbonyl (C=O) groups excluding carboxylic acids is 1. The largest absolute Gasteiger partial charge is 0.492 e. The molecule has 1 aromatic carbocycles. The lowest BCUT2D eigenvalue weighted by Crippen LogP contribution is -2.35. The van der Waals surface area contributed by atoms with Crippen LogP contribution in [0.5, 0.6) is 5.88 Å². The van der Waals surface area contributed by atoms with Crippen molar-refractivity contribution in [1.29, 1.82) is 5.41 Å². The maximum Gasteiger partial charge on any atom is 0.277 e. The molecule has 1 atom stereocenters. The molecule has 5 N–H and O–H groups in total. The van der Waals surface area contributed by atoms with Crippen molar-refractivity contribution in [3.8, 4) is 5.88 Å². The van der Waals surface area contributed by atoms with E-state index in [1.165, 1.54) is 6.20 Å². The molecule has 0 fully saturated rings. The molecule has 1 unspecified atom stereocenters. The number of carbonyl (C=O) groups is 1. The summed E-state index contributed by atoms with van der Waals surface area (Å²) in [5.74, 6) is -0.637. The van der Waals surface area contributed by atoms with E-state index in [2.05, 4.69) is 25.0 Å². The first-order chi connectivity index (χ1) is 17.3. The molecule has 0 aliphatic carbocycles. The van der Waals surface area contributed by atoms with Crippen LogP contribution in [0.4, 0.5) is 16.4 Å². The third-order valence-electron chi connectivity index (χ3n) is 5.77. The minimum atomic E-state index is -0.373. The molecule has 3 aromatic heterocycles. The fourth-order valence-electron chi connectivity index (χ4n) is 3.99. The lowest BCUT2D eigenvalue weighted by molar-refractivity contribution is 0.0984. The summed E-state index contributed by atoms with van der Waals surface area (Å²) in [6.07, 6.45) is 2.15. The number of nitrogens with zero attached hydrogens (tertiary/aromatic N) is 4. The Labute approximate surface area is 215 Å². The van der Waals surface area contributed by atoms with Crippen LogP contribution in [-0.2, 0) is 6.42 Å². The Kier molecular flexibility index (Phi) is 6.44. The zero-order valence-corrected chi connectivity index (χ0v) is 20.7. The maximum absolute atomic E-state index is 13.4. The summed E-state index contributed by atoms with van der Waals surface area (Å²) in [6.45, 7) is 2.03. The van der Waals surface area contributed by atoms with E-state index in [0.717, 1.165) is 33.8 Å². The minimum Gasteiger partial charge on any atom is -0.492 e. The molecule has 0 bridgehead atoms. The number of rotatable bonds is 6. The molecule has 0 spiro atoms.